The second-order valence-electron chi connectivity index (χ2n) is 4.80. The monoisotopic (exact) mass is 328 g/mol. The molecule has 0 fully saturated rings. The molecule has 22 heavy (non-hydrogen) atoms. The van der Waals surface area contributed by atoms with Crippen LogP contribution >= 0.6 is 11.6 Å². The highest BCUT2D eigenvalue weighted by Gasteiger charge is 2.19. The van der Waals surface area contributed by atoms with Crippen LogP contribution in [0.4, 0.5) is 5.69 Å². The zero-order chi connectivity index (χ0) is 16.5. The molecule has 1 rings (SSSR count). The third-order valence-corrected chi connectivity index (χ3v) is 3.32. The van der Waals surface area contributed by atoms with Crippen LogP contribution in [-0.2, 0) is 9.59 Å². The number of methoxy groups -OCH3 is 1. The van der Waals surface area contributed by atoms with E-state index in [2.05, 4.69) is 10.6 Å². The van der Waals surface area contributed by atoms with Crippen LogP contribution in [0.25, 0.3) is 0 Å². The molecular formula is C15H21ClN2O4. The maximum absolute atomic E-state index is 11.9. The zero-order valence-electron chi connectivity index (χ0n) is 12.7. The number of unbranched alkanes of at least 4 members (excludes halogenated alkanes) is 1. The van der Waals surface area contributed by atoms with Gasteiger partial charge in [0.05, 0.1) is 19.3 Å². The SMILES string of the molecule is CCCCC(NC(=O)CNc1cc(Cl)ccc1OC)C(=O)O. The van der Waals surface area contributed by atoms with E-state index in [9.17, 15) is 9.59 Å². The number of rotatable bonds is 9. The summed E-state index contributed by atoms with van der Waals surface area (Å²) in [6, 6.07) is 4.13. The average Bonchev–Trinajstić information content (AvgIpc) is 2.49. The number of anilines is 1. The molecule has 1 unspecified atom stereocenters. The summed E-state index contributed by atoms with van der Waals surface area (Å²) in [6.07, 6.45) is 2.03. The lowest BCUT2D eigenvalue weighted by molar-refractivity contribution is -0.141. The molecule has 1 aromatic carbocycles. The van der Waals surface area contributed by atoms with Crippen LogP contribution in [0.15, 0.2) is 18.2 Å². The van der Waals surface area contributed by atoms with Crippen molar-refractivity contribution in [3.8, 4) is 5.75 Å². The van der Waals surface area contributed by atoms with Crippen LogP contribution in [0, 0.1) is 0 Å². The smallest absolute Gasteiger partial charge is 0.326 e. The fourth-order valence-corrected chi connectivity index (χ4v) is 2.08. The Morgan fingerprint density at radius 2 is 2.14 bits per heavy atom. The Morgan fingerprint density at radius 3 is 2.73 bits per heavy atom. The van der Waals surface area contributed by atoms with Gasteiger partial charge in [0.25, 0.3) is 0 Å². The van der Waals surface area contributed by atoms with Crippen molar-refractivity contribution in [1.82, 2.24) is 5.32 Å². The maximum Gasteiger partial charge on any atom is 0.326 e. The Bertz CT molecular complexity index is 522. The first-order valence-corrected chi connectivity index (χ1v) is 7.45. The molecule has 1 atom stereocenters. The minimum absolute atomic E-state index is 0.0629. The van der Waals surface area contributed by atoms with E-state index in [1.165, 1.54) is 7.11 Å². The fourth-order valence-electron chi connectivity index (χ4n) is 1.90. The van der Waals surface area contributed by atoms with E-state index in [0.717, 1.165) is 12.8 Å². The second kappa shape index (κ2) is 9.15. The van der Waals surface area contributed by atoms with Crippen molar-refractivity contribution in [2.24, 2.45) is 0 Å². The first kappa shape index (κ1) is 18.1. The molecule has 3 N–H and O–H groups in total. The molecule has 0 radical (unpaired) electrons. The summed E-state index contributed by atoms with van der Waals surface area (Å²) in [5.74, 6) is -0.870. The zero-order valence-corrected chi connectivity index (χ0v) is 13.4. The number of carboxylic acid groups (broad SMARTS) is 1. The Morgan fingerprint density at radius 1 is 1.41 bits per heavy atom. The van der Waals surface area contributed by atoms with Crippen molar-refractivity contribution in [3.05, 3.63) is 23.2 Å². The molecule has 0 bridgehead atoms. The summed E-state index contributed by atoms with van der Waals surface area (Å²) in [4.78, 5) is 23.0. The lowest BCUT2D eigenvalue weighted by Gasteiger charge is -2.15. The van der Waals surface area contributed by atoms with Gasteiger partial charge in [-0.2, -0.15) is 0 Å². The Labute approximate surface area is 134 Å². The van der Waals surface area contributed by atoms with Gasteiger partial charge >= 0.3 is 5.97 Å². The van der Waals surface area contributed by atoms with Gasteiger partial charge in [0.1, 0.15) is 11.8 Å². The van der Waals surface area contributed by atoms with Crippen molar-refractivity contribution in [2.45, 2.75) is 32.2 Å². The largest absolute Gasteiger partial charge is 0.495 e. The van der Waals surface area contributed by atoms with Gasteiger partial charge in [-0.05, 0) is 24.6 Å². The van der Waals surface area contributed by atoms with Crippen LogP contribution in [-0.4, -0.2) is 36.7 Å². The van der Waals surface area contributed by atoms with Gasteiger partial charge in [-0.1, -0.05) is 31.4 Å². The number of hydrogen-bond acceptors (Lipinski definition) is 4. The van der Waals surface area contributed by atoms with E-state index in [1.807, 2.05) is 6.92 Å². The molecule has 7 heteroatoms. The van der Waals surface area contributed by atoms with Gasteiger partial charge in [-0.25, -0.2) is 4.79 Å². The summed E-state index contributed by atoms with van der Waals surface area (Å²) >= 11 is 5.90. The Hall–Kier alpha value is -1.95. The molecule has 0 aliphatic rings. The van der Waals surface area contributed by atoms with Crippen molar-refractivity contribution in [1.29, 1.82) is 0 Å². The topological polar surface area (TPSA) is 87.7 Å². The highest BCUT2D eigenvalue weighted by molar-refractivity contribution is 6.30. The second-order valence-corrected chi connectivity index (χ2v) is 5.24. The molecule has 1 amide bonds. The number of halogens is 1. The normalized spacial score (nSPS) is 11.6. The third-order valence-electron chi connectivity index (χ3n) is 3.08. The number of carbonyl (C=O) groups excluding carboxylic acids is 1. The van der Waals surface area contributed by atoms with E-state index in [-0.39, 0.29) is 6.54 Å². The first-order valence-electron chi connectivity index (χ1n) is 7.07. The third kappa shape index (κ3) is 5.81. The van der Waals surface area contributed by atoms with E-state index in [1.54, 1.807) is 18.2 Å². The Kier molecular flexibility index (Phi) is 7.52. The van der Waals surface area contributed by atoms with Crippen LogP contribution in [0.1, 0.15) is 26.2 Å². The molecule has 0 aromatic heterocycles. The van der Waals surface area contributed by atoms with Crippen LogP contribution in [0.5, 0.6) is 5.75 Å². The van der Waals surface area contributed by atoms with Crippen molar-refractivity contribution < 1.29 is 19.4 Å². The number of carboxylic acids is 1. The van der Waals surface area contributed by atoms with Crippen LogP contribution in [0.2, 0.25) is 5.02 Å². The molecule has 0 saturated carbocycles. The van der Waals surface area contributed by atoms with E-state index < -0.39 is 17.9 Å². The molecular weight excluding hydrogens is 308 g/mol. The molecule has 1 aromatic rings. The van der Waals surface area contributed by atoms with Gasteiger partial charge < -0.3 is 20.5 Å². The molecule has 0 aliphatic carbocycles. The van der Waals surface area contributed by atoms with E-state index in [0.29, 0.717) is 22.9 Å². The number of carbonyl (C=O) groups is 2. The number of amides is 1. The van der Waals surface area contributed by atoms with Crippen molar-refractivity contribution in [2.75, 3.05) is 19.0 Å². The number of benzene rings is 1. The first-order chi connectivity index (χ1) is 10.5. The summed E-state index contributed by atoms with van der Waals surface area (Å²) in [7, 11) is 1.51. The number of hydrogen-bond donors (Lipinski definition) is 3. The molecule has 6 nitrogen and oxygen atoms in total. The van der Waals surface area contributed by atoms with Gasteiger partial charge in [0, 0.05) is 5.02 Å². The van der Waals surface area contributed by atoms with Crippen molar-refractivity contribution in [3.63, 3.8) is 0 Å². The maximum atomic E-state index is 11.9. The number of nitrogens with one attached hydrogen (secondary N) is 2. The quantitative estimate of drug-likeness (QED) is 0.648. The van der Waals surface area contributed by atoms with Gasteiger partial charge in [-0.3, -0.25) is 4.79 Å². The average molecular weight is 329 g/mol. The standard InChI is InChI=1S/C15H21ClN2O4/c1-3-4-5-11(15(20)21)18-14(19)9-17-12-8-10(16)6-7-13(12)22-2/h6-8,11,17H,3-5,9H2,1-2H3,(H,18,19)(H,20,21). The fraction of sp³-hybridized carbons (Fsp3) is 0.467. The summed E-state index contributed by atoms with van der Waals surface area (Å²) in [5.41, 5.74) is 0.575. The predicted molar refractivity (Wildman–Crippen MR) is 85.6 cm³/mol. The summed E-state index contributed by atoms with van der Waals surface area (Å²) < 4.78 is 5.16. The summed E-state index contributed by atoms with van der Waals surface area (Å²) in [6.45, 7) is 1.90. The minimum Gasteiger partial charge on any atom is -0.495 e. The van der Waals surface area contributed by atoms with E-state index >= 15 is 0 Å². The van der Waals surface area contributed by atoms with Gasteiger partial charge in [0.15, 0.2) is 0 Å². The van der Waals surface area contributed by atoms with Crippen molar-refractivity contribution >= 4 is 29.2 Å². The predicted octanol–water partition coefficient (Wildman–Crippen LogP) is 2.52. The molecule has 0 heterocycles. The van der Waals surface area contributed by atoms with Gasteiger partial charge in [0.2, 0.25) is 5.91 Å². The minimum atomic E-state index is -1.03. The lowest BCUT2D eigenvalue weighted by Crippen LogP contribution is -2.43. The number of aliphatic carboxylic acids is 1. The molecule has 122 valence electrons. The lowest BCUT2D eigenvalue weighted by atomic mass is 10.1. The van der Waals surface area contributed by atoms with Crippen LogP contribution < -0.4 is 15.4 Å². The highest BCUT2D eigenvalue weighted by atomic mass is 35.5. The highest BCUT2D eigenvalue weighted by Crippen LogP contribution is 2.27. The molecule has 0 spiro atoms. The summed E-state index contributed by atoms with van der Waals surface area (Å²) in [5, 5.41) is 15.0. The molecule has 0 aliphatic heterocycles. The number of ether oxygens (including phenoxy) is 1. The van der Waals surface area contributed by atoms with Crippen LogP contribution in [0.3, 0.4) is 0 Å². The van der Waals surface area contributed by atoms with Gasteiger partial charge in [-0.15, -0.1) is 0 Å². The molecule has 0 saturated heterocycles. The van der Waals surface area contributed by atoms with E-state index in [4.69, 9.17) is 21.4 Å². The Balaban J connectivity index is 2.58.